The van der Waals surface area contributed by atoms with E-state index >= 15 is 0 Å². The van der Waals surface area contributed by atoms with Crippen molar-refractivity contribution in [3.8, 4) is 0 Å². The van der Waals surface area contributed by atoms with E-state index in [4.69, 9.17) is 14.9 Å². The van der Waals surface area contributed by atoms with Gasteiger partial charge in [-0.2, -0.15) is 0 Å². The number of aliphatic carboxylic acids is 2. The predicted octanol–water partition coefficient (Wildman–Crippen LogP) is 0.696. The second-order valence-electron chi connectivity index (χ2n) is 3.68. The van der Waals surface area contributed by atoms with E-state index in [9.17, 15) is 9.59 Å². The van der Waals surface area contributed by atoms with E-state index < -0.39 is 36.0 Å². The van der Waals surface area contributed by atoms with Gasteiger partial charge in [-0.3, -0.25) is 9.59 Å². The highest BCUT2D eigenvalue weighted by atomic mass is 79.9. The Hall–Kier alpha value is -0.140. The maximum absolute atomic E-state index is 11.0. The maximum atomic E-state index is 11.0. The van der Waals surface area contributed by atoms with E-state index in [1.165, 1.54) is 0 Å². The molecule has 7 heteroatoms. The quantitative estimate of drug-likeness (QED) is 0.721. The number of fused-ring (bicyclic) bond motifs is 2. The molecule has 2 aliphatic rings. The van der Waals surface area contributed by atoms with Crippen LogP contribution in [0.4, 0.5) is 0 Å². The van der Waals surface area contributed by atoms with E-state index in [0.717, 1.165) is 0 Å². The molecule has 5 nitrogen and oxygen atoms in total. The summed E-state index contributed by atoms with van der Waals surface area (Å²) in [6.07, 6.45) is -1.14. The van der Waals surface area contributed by atoms with Gasteiger partial charge >= 0.3 is 11.9 Å². The number of rotatable bonds is 2. The maximum Gasteiger partial charge on any atom is 0.310 e. The molecular formula is C8H8Br2O5. The molecule has 0 spiro atoms. The van der Waals surface area contributed by atoms with E-state index in [2.05, 4.69) is 31.9 Å². The Kier molecular flexibility index (Phi) is 2.81. The second-order valence-corrected chi connectivity index (χ2v) is 5.80. The number of ether oxygens (including phenoxy) is 1. The summed E-state index contributed by atoms with van der Waals surface area (Å²) in [6.45, 7) is 0. The predicted molar refractivity (Wildman–Crippen MR) is 56.3 cm³/mol. The van der Waals surface area contributed by atoms with Gasteiger partial charge in [-0.15, -0.1) is 0 Å². The van der Waals surface area contributed by atoms with Crippen LogP contribution in [0.3, 0.4) is 0 Å². The molecule has 0 amide bonds. The Morgan fingerprint density at radius 3 is 1.53 bits per heavy atom. The van der Waals surface area contributed by atoms with Crippen LogP contribution in [-0.2, 0) is 14.3 Å². The zero-order chi connectivity index (χ0) is 11.3. The summed E-state index contributed by atoms with van der Waals surface area (Å²) in [5, 5.41) is 18.0. The highest BCUT2D eigenvalue weighted by molar-refractivity contribution is 9.12. The van der Waals surface area contributed by atoms with Crippen molar-refractivity contribution in [2.45, 2.75) is 21.9 Å². The lowest BCUT2D eigenvalue weighted by atomic mass is 9.79. The summed E-state index contributed by atoms with van der Waals surface area (Å²) in [5.74, 6) is -4.16. The Balaban J connectivity index is 2.32. The highest BCUT2D eigenvalue weighted by Gasteiger charge is 2.63. The number of halogens is 2. The van der Waals surface area contributed by atoms with Crippen molar-refractivity contribution in [3.05, 3.63) is 0 Å². The van der Waals surface area contributed by atoms with E-state index in [0.29, 0.717) is 0 Å². The normalized spacial score (nSPS) is 48.1. The molecule has 0 aromatic heterocycles. The van der Waals surface area contributed by atoms with Gasteiger partial charge in [0.25, 0.3) is 0 Å². The first-order chi connectivity index (χ1) is 6.95. The minimum absolute atomic E-state index is 0.154. The first-order valence-electron chi connectivity index (χ1n) is 4.34. The first kappa shape index (κ1) is 11.3. The largest absolute Gasteiger partial charge is 0.481 e. The fraction of sp³-hybridized carbons (Fsp3) is 0.750. The van der Waals surface area contributed by atoms with E-state index in [1.807, 2.05) is 0 Å². The minimum Gasteiger partial charge on any atom is -0.481 e. The molecule has 2 bridgehead atoms. The first-order valence-corrected chi connectivity index (χ1v) is 6.17. The molecule has 0 aromatic carbocycles. The number of hydrogen-bond acceptors (Lipinski definition) is 3. The second kappa shape index (κ2) is 3.71. The topological polar surface area (TPSA) is 83.8 Å². The summed E-state index contributed by atoms with van der Waals surface area (Å²) in [5.41, 5.74) is 0. The average Bonchev–Trinajstić information content (AvgIpc) is 2.64. The number of carboxylic acid groups (broad SMARTS) is 2. The lowest BCUT2D eigenvalue weighted by Gasteiger charge is -2.28. The number of hydrogen-bond donors (Lipinski definition) is 2. The van der Waals surface area contributed by atoms with Crippen molar-refractivity contribution < 1.29 is 24.5 Å². The fourth-order valence-corrected chi connectivity index (χ4v) is 3.76. The van der Waals surface area contributed by atoms with Gasteiger partial charge in [-0.25, -0.2) is 0 Å². The van der Waals surface area contributed by atoms with Crippen molar-refractivity contribution in [1.82, 2.24) is 0 Å². The van der Waals surface area contributed by atoms with Gasteiger partial charge in [-0.05, 0) is 0 Å². The fourth-order valence-electron chi connectivity index (χ4n) is 2.26. The van der Waals surface area contributed by atoms with Gasteiger partial charge in [0.05, 0.1) is 33.7 Å². The zero-order valence-corrected chi connectivity index (χ0v) is 10.5. The van der Waals surface area contributed by atoms with Crippen molar-refractivity contribution in [3.63, 3.8) is 0 Å². The van der Waals surface area contributed by atoms with Gasteiger partial charge in [-0.1, -0.05) is 31.9 Å². The van der Waals surface area contributed by atoms with Gasteiger partial charge in [0, 0.05) is 0 Å². The molecule has 0 aliphatic carbocycles. The molecule has 0 saturated carbocycles. The van der Waals surface area contributed by atoms with Gasteiger partial charge in [0.15, 0.2) is 0 Å². The minimum atomic E-state index is -1.11. The van der Waals surface area contributed by atoms with Crippen LogP contribution in [0.5, 0.6) is 0 Å². The lowest BCUT2D eigenvalue weighted by Crippen LogP contribution is -2.47. The van der Waals surface area contributed by atoms with Crippen LogP contribution in [0.1, 0.15) is 0 Å². The molecule has 2 rings (SSSR count). The number of carbonyl (C=O) groups is 2. The third-order valence-electron chi connectivity index (χ3n) is 2.91. The molecule has 2 heterocycles. The Bertz CT molecular complexity index is 290. The van der Waals surface area contributed by atoms with Crippen molar-refractivity contribution >= 4 is 43.8 Å². The van der Waals surface area contributed by atoms with Gasteiger partial charge in [0.1, 0.15) is 0 Å². The Morgan fingerprint density at radius 1 is 0.933 bits per heavy atom. The van der Waals surface area contributed by atoms with Crippen LogP contribution in [0.15, 0.2) is 0 Å². The monoisotopic (exact) mass is 342 g/mol. The van der Waals surface area contributed by atoms with Crippen LogP contribution in [-0.4, -0.2) is 44.0 Å². The molecule has 2 fully saturated rings. The summed E-state index contributed by atoms with van der Waals surface area (Å²) >= 11 is 6.64. The van der Waals surface area contributed by atoms with Crippen molar-refractivity contribution in [1.29, 1.82) is 0 Å². The van der Waals surface area contributed by atoms with Gasteiger partial charge < -0.3 is 14.9 Å². The lowest BCUT2D eigenvalue weighted by molar-refractivity contribution is -0.153. The summed E-state index contributed by atoms with van der Waals surface area (Å²) in [6, 6.07) is 0. The molecule has 0 unspecified atom stereocenters. The molecule has 2 saturated heterocycles. The molecule has 2 N–H and O–H groups in total. The van der Waals surface area contributed by atoms with Crippen LogP contribution in [0.25, 0.3) is 0 Å². The molecule has 6 atom stereocenters. The van der Waals surface area contributed by atoms with Crippen molar-refractivity contribution in [2.24, 2.45) is 11.8 Å². The molecule has 0 radical (unpaired) electrons. The third-order valence-corrected chi connectivity index (χ3v) is 5.80. The summed E-state index contributed by atoms with van der Waals surface area (Å²) < 4.78 is 5.39. The highest BCUT2D eigenvalue weighted by Crippen LogP contribution is 2.49. The van der Waals surface area contributed by atoms with Crippen LogP contribution >= 0.6 is 31.9 Å². The number of carboxylic acids is 2. The Morgan fingerprint density at radius 2 is 1.27 bits per heavy atom. The summed E-state index contributed by atoms with van der Waals surface area (Å²) in [7, 11) is 0. The standard InChI is InChI=1S/C8H8Br2O5/c9-3-4(10)6-2(8(13)14)1(7(11)12)5(3)15-6/h1-6H,(H,11,12)(H,13,14)/t1-,2+,3-,4+,5-,6-/m1/s1. The number of alkyl halides is 2. The van der Waals surface area contributed by atoms with E-state index in [-0.39, 0.29) is 9.65 Å². The average molecular weight is 344 g/mol. The van der Waals surface area contributed by atoms with Crippen molar-refractivity contribution in [2.75, 3.05) is 0 Å². The molecule has 84 valence electrons. The van der Waals surface area contributed by atoms with E-state index in [1.54, 1.807) is 0 Å². The van der Waals surface area contributed by atoms with Crippen LogP contribution < -0.4 is 0 Å². The summed E-state index contributed by atoms with van der Waals surface area (Å²) in [4.78, 5) is 21.7. The molecule has 15 heavy (non-hydrogen) atoms. The Labute approximate surface area is 102 Å². The van der Waals surface area contributed by atoms with Crippen LogP contribution in [0, 0.1) is 11.8 Å². The SMILES string of the molecule is O=C(O)[C@@H]1[C@H]2O[C@@H]([C@H](Br)[C@@H]2Br)[C@@H]1C(=O)O. The zero-order valence-electron chi connectivity index (χ0n) is 7.34. The smallest absolute Gasteiger partial charge is 0.310 e. The molecule has 2 aliphatic heterocycles. The third kappa shape index (κ3) is 1.52. The van der Waals surface area contributed by atoms with Crippen LogP contribution in [0.2, 0.25) is 0 Å². The molecule has 0 aromatic rings. The van der Waals surface area contributed by atoms with Gasteiger partial charge in [0.2, 0.25) is 0 Å². The molecular weight excluding hydrogens is 336 g/mol.